The van der Waals surface area contributed by atoms with E-state index in [-0.39, 0.29) is 13.0 Å². The van der Waals surface area contributed by atoms with Crippen molar-refractivity contribution < 1.29 is 31.9 Å². The Hall–Kier alpha value is -2.04. The summed E-state index contributed by atoms with van der Waals surface area (Å²) in [4.78, 5) is 25.8. The van der Waals surface area contributed by atoms with Crippen molar-refractivity contribution >= 4 is 12.0 Å². The molecule has 3 atom stereocenters. The summed E-state index contributed by atoms with van der Waals surface area (Å²) < 4.78 is 56.5. The predicted molar refractivity (Wildman–Crippen MR) is 87.8 cm³/mol. The lowest BCUT2D eigenvalue weighted by Gasteiger charge is -2.29. The third kappa shape index (κ3) is 5.98. The summed E-state index contributed by atoms with van der Waals surface area (Å²) in [7, 11) is 0. The van der Waals surface area contributed by atoms with Gasteiger partial charge in [0.1, 0.15) is 30.5 Å². The molecule has 2 rings (SSSR count). The second-order valence-electron chi connectivity index (χ2n) is 7.67. The molecule has 0 radical (unpaired) electrons. The molecule has 0 aliphatic carbocycles. The van der Waals surface area contributed by atoms with E-state index in [1.807, 2.05) is 0 Å². The number of ether oxygens (including phenoxy) is 1. The topological polar surface area (TPSA) is 73.9 Å². The fourth-order valence-electron chi connectivity index (χ4n) is 2.85. The number of hydrogen-bond acceptors (Lipinski definition) is 5. The van der Waals surface area contributed by atoms with E-state index in [0.29, 0.717) is 5.57 Å². The van der Waals surface area contributed by atoms with Crippen molar-refractivity contribution in [2.45, 2.75) is 64.3 Å². The Morgan fingerprint density at radius 1 is 1.33 bits per heavy atom. The summed E-state index contributed by atoms with van der Waals surface area (Å²) in [6.07, 6.45) is -6.46. The number of hydrogen-bond donors (Lipinski definition) is 2. The maximum absolute atomic E-state index is 13.8. The number of halogens is 4. The summed E-state index contributed by atoms with van der Waals surface area (Å²) in [6.45, 7) is 4.99. The third-order valence-corrected chi connectivity index (χ3v) is 3.93. The zero-order valence-electron chi connectivity index (χ0n) is 15.6. The van der Waals surface area contributed by atoms with Crippen LogP contribution >= 0.6 is 0 Å². The van der Waals surface area contributed by atoms with Crippen LogP contribution in [0, 0.1) is 0 Å². The van der Waals surface area contributed by atoms with Gasteiger partial charge in [0.2, 0.25) is 5.91 Å². The molecule has 0 aromatic heterocycles. The largest absolute Gasteiger partial charge is 0.444 e. The van der Waals surface area contributed by atoms with E-state index in [1.54, 1.807) is 27.7 Å². The van der Waals surface area contributed by atoms with Gasteiger partial charge in [-0.15, -0.1) is 0 Å². The van der Waals surface area contributed by atoms with Crippen LogP contribution < -0.4 is 10.7 Å². The zero-order valence-corrected chi connectivity index (χ0v) is 15.6. The second-order valence-corrected chi connectivity index (χ2v) is 7.67. The molecule has 2 amide bonds. The van der Waals surface area contributed by atoms with E-state index < -0.39 is 48.7 Å². The average Bonchev–Trinajstić information content (AvgIpc) is 2.99. The Morgan fingerprint density at radius 2 is 1.96 bits per heavy atom. The number of nitrogens with one attached hydrogen (secondary N) is 2. The number of likely N-dealkylation sites (tertiary alicyclic amines) is 1. The van der Waals surface area contributed by atoms with Gasteiger partial charge in [0.15, 0.2) is 0 Å². The van der Waals surface area contributed by atoms with E-state index in [0.717, 1.165) is 9.91 Å². The number of amides is 2. The molecule has 2 aliphatic rings. The molecule has 0 aromatic carbocycles. The lowest BCUT2D eigenvalue weighted by Crippen LogP contribution is -2.54. The van der Waals surface area contributed by atoms with Crippen LogP contribution in [0.5, 0.6) is 0 Å². The highest BCUT2D eigenvalue weighted by molar-refractivity contribution is 5.87. The monoisotopic (exact) mass is 396 g/mol. The van der Waals surface area contributed by atoms with Crippen LogP contribution in [0.4, 0.5) is 22.4 Å². The molecule has 11 heteroatoms. The third-order valence-electron chi connectivity index (χ3n) is 3.93. The zero-order chi connectivity index (χ0) is 20.6. The molecule has 154 valence electrons. The standard InChI is InChI=1S/C16H24F4N4O3/c1-9-6-23(8-16(18,19)20)22-12(9)21-13(25)11-5-10(17)7-24(11)14(26)27-15(2,3)4/h6,10-12,22H,5,7-8H2,1-4H3,(H,21,25)/t10-,11+,12?/m1/s1. The van der Waals surface area contributed by atoms with E-state index in [2.05, 4.69) is 10.7 Å². The molecule has 1 fully saturated rings. The van der Waals surface area contributed by atoms with E-state index in [9.17, 15) is 27.2 Å². The minimum absolute atomic E-state index is 0.202. The number of hydrazine groups is 1. The molecule has 2 aliphatic heterocycles. The Labute approximate surface area is 154 Å². The predicted octanol–water partition coefficient (Wildman–Crippen LogP) is 2.06. The molecule has 0 spiro atoms. The van der Waals surface area contributed by atoms with Crippen molar-refractivity contribution in [1.82, 2.24) is 20.7 Å². The van der Waals surface area contributed by atoms with Crippen LogP contribution in [-0.2, 0) is 9.53 Å². The number of carbonyl (C=O) groups is 2. The van der Waals surface area contributed by atoms with E-state index in [4.69, 9.17) is 4.74 Å². The maximum atomic E-state index is 13.8. The lowest BCUT2D eigenvalue weighted by atomic mass is 10.1. The fraction of sp³-hybridized carbons (Fsp3) is 0.750. The highest BCUT2D eigenvalue weighted by Crippen LogP contribution is 2.24. The van der Waals surface area contributed by atoms with Crippen molar-refractivity contribution in [3.05, 3.63) is 11.8 Å². The van der Waals surface area contributed by atoms with E-state index >= 15 is 0 Å². The second kappa shape index (κ2) is 7.53. The van der Waals surface area contributed by atoms with Crippen molar-refractivity contribution in [3.8, 4) is 0 Å². The van der Waals surface area contributed by atoms with Gasteiger partial charge in [0.05, 0.1) is 6.54 Å². The first-order valence-electron chi connectivity index (χ1n) is 8.47. The van der Waals surface area contributed by atoms with Gasteiger partial charge in [0.25, 0.3) is 0 Å². The summed E-state index contributed by atoms with van der Waals surface area (Å²) in [5, 5.41) is 3.33. The Morgan fingerprint density at radius 3 is 2.52 bits per heavy atom. The van der Waals surface area contributed by atoms with Gasteiger partial charge in [-0.2, -0.15) is 13.2 Å². The maximum Gasteiger partial charge on any atom is 0.411 e. The highest BCUT2D eigenvalue weighted by Gasteiger charge is 2.43. The lowest BCUT2D eigenvalue weighted by molar-refractivity contribution is -0.145. The van der Waals surface area contributed by atoms with Crippen LogP contribution in [0.3, 0.4) is 0 Å². The minimum Gasteiger partial charge on any atom is -0.444 e. The molecule has 1 saturated heterocycles. The van der Waals surface area contributed by atoms with Crippen LogP contribution in [0.25, 0.3) is 0 Å². The molecular formula is C16H24F4N4O3. The van der Waals surface area contributed by atoms with Gasteiger partial charge in [-0.05, 0) is 33.3 Å². The number of alkyl halides is 4. The van der Waals surface area contributed by atoms with Crippen molar-refractivity contribution in [2.24, 2.45) is 0 Å². The molecule has 27 heavy (non-hydrogen) atoms. The summed E-state index contributed by atoms with van der Waals surface area (Å²) in [5.74, 6) is -0.667. The summed E-state index contributed by atoms with van der Waals surface area (Å²) >= 11 is 0. The normalized spacial score (nSPS) is 26.2. The Bertz CT molecular complexity index is 618. The van der Waals surface area contributed by atoms with Gasteiger partial charge in [-0.3, -0.25) is 9.69 Å². The Balaban J connectivity index is 2.00. The van der Waals surface area contributed by atoms with E-state index in [1.165, 1.54) is 6.20 Å². The highest BCUT2D eigenvalue weighted by atomic mass is 19.4. The van der Waals surface area contributed by atoms with Gasteiger partial charge in [-0.25, -0.2) is 14.6 Å². The molecule has 0 bridgehead atoms. The summed E-state index contributed by atoms with van der Waals surface area (Å²) in [6, 6.07) is -1.10. The van der Waals surface area contributed by atoms with Gasteiger partial charge >= 0.3 is 12.3 Å². The molecule has 2 heterocycles. The fourth-order valence-corrected chi connectivity index (χ4v) is 2.85. The quantitative estimate of drug-likeness (QED) is 0.715. The molecule has 2 N–H and O–H groups in total. The number of nitrogens with zero attached hydrogens (tertiary/aromatic N) is 2. The number of carbonyl (C=O) groups excluding carboxylic acids is 2. The van der Waals surface area contributed by atoms with Gasteiger partial charge < -0.3 is 15.1 Å². The van der Waals surface area contributed by atoms with Crippen LogP contribution in [-0.4, -0.2) is 65.2 Å². The Kier molecular flexibility index (Phi) is 5.93. The van der Waals surface area contributed by atoms with Crippen LogP contribution in [0.2, 0.25) is 0 Å². The van der Waals surface area contributed by atoms with Crippen molar-refractivity contribution in [2.75, 3.05) is 13.1 Å². The minimum atomic E-state index is -4.41. The average molecular weight is 396 g/mol. The van der Waals surface area contributed by atoms with Gasteiger partial charge in [0, 0.05) is 12.6 Å². The molecule has 0 aromatic rings. The first kappa shape index (κ1) is 21.3. The SMILES string of the molecule is CC1=CN(CC(F)(F)F)NC1NC(=O)[C@@H]1C[C@@H](F)CN1C(=O)OC(C)(C)C. The van der Waals surface area contributed by atoms with Crippen LogP contribution in [0.1, 0.15) is 34.1 Å². The molecule has 7 nitrogen and oxygen atoms in total. The van der Waals surface area contributed by atoms with Crippen molar-refractivity contribution in [1.29, 1.82) is 0 Å². The smallest absolute Gasteiger partial charge is 0.411 e. The number of rotatable bonds is 3. The first-order valence-corrected chi connectivity index (χ1v) is 8.47. The van der Waals surface area contributed by atoms with Gasteiger partial charge in [-0.1, -0.05) is 0 Å². The molecule has 1 unspecified atom stereocenters. The molecule has 0 saturated carbocycles. The van der Waals surface area contributed by atoms with Crippen molar-refractivity contribution in [3.63, 3.8) is 0 Å². The molecular weight excluding hydrogens is 372 g/mol. The van der Waals surface area contributed by atoms with Crippen LogP contribution in [0.15, 0.2) is 11.8 Å². The first-order chi connectivity index (χ1) is 12.2. The summed E-state index contributed by atoms with van der Waals surface area (Å²) in [5.41, 5.74) is 2.15.